The Morgan fingerprint density at radius 3 is 2.48 bits per heavy atom. The maximum absolute atomic E-state index is 3.60. The molecule has 1 aliphatic heterocycles. The highest BCUT2D eigenvalue weighted by Crippen LogP contribution is 2.40. The first-order chi connectivity index (χ1) is 10.1. The van der Waals surface area contributed by atoms with E-state index in [1.165, 1.54) is 37.2 Å². The Bertz CT molecular complexity index is 487. The van der Waals surface area contributed by atoms with Crippen molar-refractivity contribution in [1.29, 1.82) is 0 Å². The summed E-state index contributed by atoms with van der Waals surface area (Å²) in [5.41, 5.74) is 3.05. The van der Waals surface area contributed by atoms with Gasteiger partial charge in [0, 0.05) is 37.8 Å². The fourth-order valence-electron chi connectivity index (χ4n) is 4.40. The lowest BCUT2D eigenvalue weighted by atomic mass is 9.77. The first kappa shape index (κ1) is 15.0. The van der Waals surface area contributed by atoms with Gasteiger partial charge in [0.1, 0.15) is 0 Å². The van der Waals surface area contributed by atoms with Gasteiger partial charge in [-0.1, -0.05) is 31.2 Å². The molecular weight excluding hydrogens is 258 g/mol. The summed E-state index contributed by atoms with van der Waals surface area (Å²) < 4.78 is 0. The zero-order chi connectivity index (χ0) is 15.0. The van der Waals surface area contributed by atoms with Crippen LogP contribution in [0.25, 0.3) is 0 Å². The zero-order valence-electron chi connectivity index (χ0n) is 13.8. The van der Waals surface area contributed by atoms with Crippen LogP contribution in [-0.4, -0.2) is 55.6 Å². The van der Waals surface area contributed by atoms with Crippen molar-refractivity contribution >= 4 is 0 Å². The van der Waals surface area contributed by atoms with Crippen molar-refractivity contribution in [1.82, 2.24) is 15.1 Å². The van der Waals surface area contributed by atoms with E-state index >= 15 is 0 Å². The molecule has 3 rings (SSSR count). The highest BCUT2D eigenvalue weighted by molar-refractivity contribution is 5.36. The summed E-state index contributed by atoms with van der Waals surface area (Å²) in [6.07, 6.45) is 1.26. The van der Waals surface area contributed by atoms with Gasteiger partial charge < -0.3 is 10.2 Å². The van der Waals surface area contributed by atoms with Gasteiger partial charge in [-0.3, -0.25) is 4.90 Å². The summed E-state index contributed by atoms with van der Waals surface area (Å²) >= 11 is 0. The average Bonchev–Trinajstić information content (AvgIpc) is 2.47. The third kappa shape index (κ3) is 2.75. The van der Waals surface area contributed by atoms with Crippen molar-refractivity contribution in [3.63, 3.8) is 0 Å². The highest BCUT2D eigenvalue weighted by Gasteiger charge is 2.38. The predicted molar refractivity (Wildman–Crippen MR) is 88.7 cm³/mol. The second kappa shape index (κ2) is 6.07. The van der Waals surface area contributed by atoms with E-state index in [0.717, 1.165) is 0 Å². The third-order valence-electron chi connectivity index (χ3n) is 5.46. The summed E-state index contributed by atoms with van der Waals surface area (Å²) in [7, 11) is 4.35. The van der Waals surface area contributed by atoms with Crippen LogP contribution in [0.2, 0.25) is 0 Å². The van der Waals surface area contributed by atoms with Gasteiger partial charge in [-0.25, -0.2) is 0 Å². The number of hydrogen-bond donors (Lipinski definition) is 1. The Balaban J connectivity index is 1.89. The lowest BCUT2D eigenvalue weighted by Gasteiger charge is -2.48. The monoisotopic (exact) mass is 287 g/mol. The van der Waals surface area contributed by atoms with Crippen molar-refractivity contribution in [2.45, 2.75) is 44.3 Å². The predicted octanol–water partition coefficient (Wildman–Crippen LogP) is 2.46. The molecule has 4 atom stereocenters. The lowest BCUT2D eigenvalue weighted by molar-refractivity contribution is 0.0355. The van der Waals surface area contributed by atoms with Gasteiger partial charge in [0.15, 0.2) is 0 Å². The van der Waals surface area contributed by atoms with Gasteiger partial charge in [-0.2, -0.15) is 0 Å². The molecule has 1 aromatic rings. The number of nitrogens with one attached hydrogen (secondary N) is 1. The minimum atomic E-state index is 0.461. The summed E-state index contributed by atoms with van der Waals surface area (Å²) in [5, 5.41) is 3.60. The van der Waals surface area contributed by atoms with Crippen molar-refractivity contribution in [3.05, 3.63) is 35.4 Å². The maximum Gasteiger partial charge on any atom is 0.0478 e. The standard InChI is InChI=1S/C18H29N3/c1-13-11-17(21-10-9-20(4)12-14(21)2)18(19-3)16-8-6-5-7-15(13)16/h5-8,13-14,17-19H,9-12H2,1-4H3. The fourth-order valence-corrected chi connectivity index (χ4v) is 4.40. The van der Waals surface area contributed by atoms with Gasteiger partial charge in [0.05, 0.1) is 0 Å². The number of benzene rings is 1. The van der Waals surface area contributed by atoms with E-state index in [-0.39, 0.29) is 0 Å². The molecule has 1 N–H and O–H groups in total. The van der Waals surface area contributed by atoms with E-state index in [1.807, 2.05) is 0 Å². The molecular formula is C18H29N3. The molecule has 1 saturated heterocycles. The lowest BCUT2D eigenvalue weighted by Crippen LogP contribution is -2.58. The van der Waals surface area contributed by atoms with Crippen molar-refractivity contribution < 1.29 is 0 Å². The molecule has 0 aromatic heterocycles. The molecule has 2 aliphatic rings. The van der Waals surface area contributed by atoms with E-state index in [1.54, 1.807) is 0 Å². The molecule has 4 unspecified atom stereocenters. The number of nitrogens with zero attached hydrogens (tertiary/aromatic N) is 2. The molecule has 0 amide bonds. The maximum atomic E-state index is 3.60. The van der Waals surface area contributed by atoms with Crippen LogP contribution in [0.5, 0.6) is 0 Å². The van der Waals surface area contributed by atoms with Gasteiger partial charge in [0.2, 0.25) is 0 Å². The van der Waals surface area contributed by atoms with E-state index in [2.05, 4.69) is 67.3 Å². The molecule has 0 saturated carbocycles. The summed E-state index contributed by atoms with van der Waals surface area (Å²) in [4.78, 5) is 5.20. The van der Waals surface area contributed by atoms with Crippen LogP contribution < -0.4 is 5.32 Å². The van der Waals surface area contributed by atoms with E-state index in [4.69, 9.17) is 0 Å². The second-order valence-corrected chi connectivity index (χ2v) is 6.95. The fraction of sp³-hybridized carbons (Fsp3) is 0.667. The number of rotatable bonds is 2. The second-order valence-electron chi connectivity index (χ2n) is 6.95. The smallest absolute Gasteiger partial charge is 0.0478 e. The molecule has 0 spiro atoms. The summed E-state index contributed by atoms with van der Waals surface area (Å²) in [5.74, 6) is 0.655. The Morgan fingerprint density at radius 1 is 1.10 bits per heavy atom. The molecule has 1 fully saturated rings. The SMILES string of the molecule is CNC1c2ccccc2C(C)CC1N1CCN(C)CC1C. The number of likely N-dealkylation sites (N-methyl/N-ethyl adjacent to an activating group) is 2. The van der Waals surface area contributed by atoms with Gasteiger partial charge in [-0.15, -0.1) is 0 Å². The minimum Gasteiger partial charge on any atom is -0.312 e. The summed E-state index contributed by atoms with van der Waals surface area (Å²) in [6, 6.07) is 10.7. The van der Waals surface area contributed by atoms with Gasteiger partial charge in [0.25, 0.3) is 0 Å². The van der Waals surface area contributed by atoms with E-state index in [0.29, 0.717) is 24.0 Å². The highest BCUT2D eigenvalue weighted by atomic mass is 15.3. The normalized spacial score (nSPS) is 34.7. The Hall–Kier alpha value is -0.900. The zero-order valence-corrected chi connectivity index (χ0v) is 13.8. The van der Waals surface area contributed by atoms with E-state index in [9.17, 15) is 0 Å². The van der Waals surface area contributed by atoms with Crippen LogP contribution in [0, 0.1) is 0 Å². The van der Waals surface area contributed by atoms with Crippen LogP contribution in [0.15, 0.2) is 24.3 Å². The quantitative estimate of drug-likeness (QED) is 0.901. The molecule has 3 heteroatoms. The first-order valence-corrected chi connectivity index (χ1v) is 8.32. The Kier molecular flexibility index (Phi) is 4.34. The van der Waals surface area contributed by atoms with Crippen molar-refractivity contribution in [2.24, 2.45) is 0 Å². The first-order valence-electron chi connectivity index (χ1n) is 8.32. The molecule has 0 bridgehead atoms. The van der Waals surface area contributed by atoms with Gasteiger partial charge in [-0.05, 0) is 44.5 Å². The number of piperazine rings is 1. The molecule has 0 radical (unpaired) electrons. The van der Waals surface area contributed by atoms with Crippen LogP contribution >= 0.6 is 0 Å². The average molecular weight is 287 g/mol. The largest absolute Gasteiger partial charge is 0.312 e. The van der Waals surface area contributed by atoms with Crippen molar-refractivity contribution in [3.8, 4) is 0 Å². The molecule has 21 heavy (non-hydrogen) atoms. The van der Waals surface area contributed by atoms with Gasteiger partial charge >= 0.3 is 0 Å². The van der Waals surface area contributed by atoms with Crippen LogP contribution in [-0.2, 0) is 0 Å². The van der Waals surface area contributed by atoms with E-state index < -0.39 is 0 Å². The van der Waals surface area contributed by atoms with Crippen LogP contribution in [0.4, 0.5) is 0 Å². The Labute approximate surface area is 129 Å². The summed E-state index contributed by atoms with van der Waals surface area (Å²) in [6.45, 7) is 8.33. The topological polar surface area (TPSA) is 18.5 Å². The van der Waals surface area contributed by atoms with Crippen LogP contribution in [0.3, 0.4) is 0 Å². The number of hydrogen-bond acceptors (Lipinski definition) is 3. The number of fused-ring (bicyclic) bond motifs is 1. The van der Waals surface area contributed by atoms with Crippen molar-refractivity contribution in [2.75, 3.05) is 33.7 Å². The van der Waals surface area contributed by atoms with Crippen LogP contribution in [0.1, 0.15) is 43.4 Å². The minimum absolute atomic E-state index is 0.461. The molecule has 1 aliphatic carbocycles. The molecule has 116 valence electrons. The third-order valence-corrected chi connectivity index (χ3v) is 5.46. The molecule has 1 aromatic carbocycles. The molecule has 3 nitrogen and oxygen atoms in total. The molecule has 1 heterocycles. The Morgan fingerprint density at radius 2 is 1.81 bits per heavy atom.